The second-order valence-electron chi connectivity index (χ2n) is 8.70. The first kappa shape index (κ1) is 22.3. The highest BCUT2D eigenvalue weighted by molar-refractivity contribution is 6.01. The number of benzene rings is 3. The Labute approximate surface area is 197 Å². The van der Waals surface area contributed by atoms with Crippen molar-refractivity contribution in [1.82, 2.24) is 10.3 Å². The van der Waals surface area contributed by atoms with Gasteiger partial charge in [0.05, 0.1) is 0 Å². The molecule has 0 bridgehead atoms. The Hall–Kier alpha value is -3.85. The van der Waals surface area contributed by atoms with Crippen LogP contribution in [0.25, 0.3) is 27.7 Å². The number of hydrogen-bond acceptors (Lipinski definition) is 3. The number of fused-ring (bicyclic) bond motifs is 1. The normalized spacial score (nSPS) is 11.7. The summed E-state index contributed by atoms with van der Waals surface area (Å²) in [6, 6.07) is 27.9. The molecular formula is C30H31N3. The van der Waals surface area contributed by atoms with E-state index in [2.05, 4.69) is 129 Å². The number of rotatable bonds is 6. The van der Waals surface area contributed by atoms with E-state index in [9.17, 15) is 0 Å². The number of pyridine rings is 1. The average Bonchev–Trinajstić information content (AvgIpc) is 2.84. The first-order valence-electron chi connectivity index (χ1n) is 11.3. The van der Waals surface area contributed by atoms with Crippen LogP contribution in [0.15, 0.2) is 96.8 Å². The van der Waals surface area contributed by atoms with Crippen LogP contribution in [0.1, 0.15) is 37.5 Å². The highest BCUT2D eigenvalue weighted by atomic mass is 15.1. The third-order valence-corrected chi connectivity index (χ3v) is 5.96. The van der Waals surface area contributed by atoms with Gasteiger partial charge in [0.1, 0.15) is 0 Å². The molecule has 0 aliphatic rings. The van der Waals surface area contributed by atoms with Gasteiger partial charge in [-0.15, -0.1) is 0 Å². The van der Waals surface area contributed by atoms with E-state index >= 15 is 0 Å². The van der Waals surface area contributed by atoms with Crippen molar-refractivity contribution in [2.24, 2.45) is 0 Å². The van der Waals surface area contributed by atoms with Gasteiger partial charge in [-0.25, -0.2) is 0 Å². The van der Waals surface area contributed by atoms with Gasteiger partial charge in [0.15, 0.2) is 0 Å². The zero-order valence-corrected chi connectivity index (χ0v) is 20.1. The minimum absolute atomic E-state index is 1.08. The van der Waals surface area contributed by atoms with Crippen LogP contribution in [-0.2, 0) is 0 Å². The topological polar surface area (TPSA) is 28.2 Å². The van der Waals surface area contributed by atoms with E-state index in [1.165, 1.54) is 33.2 Å². The van der Waals surface area contributed by atoms with E-state index < -0.39 is 0 Å². The monoisotopic (exact) mass is 433 g/mol. The molecule has 4 aromatic rings. The van der Waals surface area contributed by atoms with Gasteiger partial charge in [0.2, 0.25) is 0 Å². The maximum Gasteiger partial charge on any atom is 0.0495 e. The van der Waals surface area contributed by atoms with Crippen molar-refractivity contribution in [2.45, 2.75) is 20.8 Å². The summed E-state index contributed by atoms with van der Waals surface area (Å²) in [5.74, 6) is 0. The fraction of sp³-hybridized carbons (Fsp3) is 0.167. The van der Waals surface area contributed by atoms with Crippen LogP contribution in [0.2, 0.25) is 0 Å². The molecule has 4 rings (SSSR count). The number of aromatic nitrogens is 1. The van der Waals surface area contributed by atoms with Crippen LogP contribution in [0, 0.1) is 0 Å². The van der Waals surface area contributed by atoms with Crippen molar-refractivity contribution in [3.63, 3.8) is 0 Å². The lowest BCUT2D eigenvalue weighted by Gasteiger charge is -2.21. The first-order valence-corrected chi connectivity index (χ1v) is 11.3. The molecule has 0 saturated carbocycles. The summed E-state index contributed by atoms with van der Waals surface area (Å²) in [5.41, 5.74) is 9.31. The number of nitrogens with one attached hydrogen (secondary N) is 1. The van der Waals surface area contributed by atoms with Crippen molar-refractivity contribution in [3.8, 4) is 0 Å². The molecule has 0 radical (unpaired) electrons. The van der Waals surface area contributed by atoms with Crippen LogP contribution in [0.3, 0.4) is 0 Å². The van der Waals surface area contributed by atoms with Gasteiger partial charge < -0.3 is 10.2 Å². The Morgan fingerprint density at radius 3 is 2.00 bits per heavy atom. The molecule has 3 aromatic carbocycles. The quantitative estimate of drug-likeness (QED) is 0.348. The van der Waals surface area contributed by atoms with Gasteiger partial charge in [-0.2, -0.15) is 0 Å². The summed E-state index contributed by atoms with van der Waals surface area (Å²) in [5, 5.41) is 6.31. The molecule has 0 unspecified atom stereocenters. The number of anilines is 1. The third kappa shape index (κ3) is 4.83. The van der Waals surface area contributed by atoms with E-state index in [0.717, 1.165) is 22.5 Å². The average molecular weight is 434 g/mol. The molecule has 1 heterocycles. The second kappa shape index (κ2) is 9.74. The van der Waals surface area contributed by atoms with Crippen molar-refractivity contribution in [3.05, 3.63) is 114 Å². The fourth-order valence-electron chi connectivity index (χ4n) is 4.13. The van der Waals surface area contributed by atoms with Gasteiger partial charge >= 0.3 is 0 Å². The van der Waals surface area contributed by atoms with Crippen molar-refractivity contribution < 1.29 is 0 Å². The molecule has 3 nitrogen and oxygen atoms in total. The predicted octanol–water partition coefficient (Wildman–Crippen LogP) is 7.23. The Bertz CT molecular complexity index is 1300. The molecule has 1 aromatic heterocycles. The first-order chi connectivity index (χ1) is 16.0. The largest absolute Gasteiger partial charge is 0.378 e. The second-order valence-corrected chi connectivity index (χ2v) is 8.70. The van der Waals surface area contributed by atoms with Crippen molar-refractivity contribution in [2.75, 3.05) is 19.0 Å². The summed E-state index contributed by atoms with van der Waals surface area (Å²) in [4.78, 5) is 6.36. The Balaban J connectivity index is 1.86. The van der Waals surface area contributed by atoms with Gasteiger partial charge in [-0.05, 0) is 72.5 Å². The number of hydrogen-bond donors (Lipinski definition) is 1. The predicted molar refractivity (Wildman–Crippen MR) is 143 cm³/mol. The van der Waals surface area contributed by atoms with E-state index in [-0.39, 0.29) is 0 Å². The van der Waals surface area contributed by atoms with Crippen LogP contribution in [0.4, 0.5) is 5.69 Å². The standard InChI is InChI=1S/C30H31N3/c1-21(2)29(24-13-15-26(16-14-24)33(4)5)32-30(25-17-19-31-20-18-25)22(3)27-12-8-10-23-9-6-7-11-28(23)27/h6-20,32H,1-5H3/b30-22+. The van der Waals surface area contributed by atoms with Gasteiger partial charge in [0.25, 0.3) is 0 Å². The zero-order valence-electron chi connectivity index (χ0n) is 20.1. The van der Waals surface area contributed by atoms with Crippen LogP contribution in [-0.4, -0.2) is 19.1 Å². The number of nitrogens with zero attached hydrogens (tertiary/aromatic N) is 2. The van der Waals surface area contributed by atoms with Gasteiger partial charge in [-0.1, -0.05) is 60.2 Å². The summed E-state index contributed by atoms with van der Waals surface area (Å²) in [6.07, 6.45) is 3.70. The Kier molecular flexibility index (Phi) is 6.60. The highest BCUT2D eigenvalue weighted by Gasteiger charge is 2.14. The molecule has 0 aliphatic heterocycles. The molecule has 33 heavy (non-hydrogen) atoms. The fourth-order valence-corrected chi connectivity index (χ4v) is 4.13. The van der Waals surface area contributed by atoms with Crippen molar-refractivity contribution in [1.29, 1.82) is 0 Å². The van der Waals surface area contributed by atoms with E-state index in [0.29, 0.717) is 0 Å². The lowest BCUT2D eigenvalue weighted by atomic mass is 9.95. The smallest absolute Gasteiger partial charge is 0.0495 e. The maximum atomic E-state index is 4.24. The molecule has 1 N–H and O–H groups in total. The Morgan fingerprint density at radius 2 is 1.33 bits per heavy atom. The molecule has 0 saturated heterocycles. The molecule has 0 amide bonds. The minimum Gasteiger partial charge on any atom is -0.378 e. The summed E-state index contributed by atoms with van der Waals surface area (Å²) in [7, 11) is 4.12. The van der Waals surface area contributed by atoms with E-state index in [1.807, 2.05) is 12.4 Å². The molecule has 0 spiro atoms. The lowest BCUT2D eigenvalue weighted by molar-refractivity contribution is 1.13. The minimum atomic E-state index is 1.08. The molecule has 0 atom stereocenters. The van der Waals surface area contributed by atoms with Crippen molar-refractivity contribution >= 4 is 33.4 Å². The van der Waals surface area contributed by atoms with Gasteiger partial charge in [-0.3, -0.25) is 4.98 Å². The van der Waals surface area contributed by atoms with Gasteiger partial charge in [0, 0.05) is 49.1 Å². The molecule has 0 fully saturated rings. The molecular weight excluding hydrogens is 402 g/mol. The SMILES string of the molecule is CC(C)=C(N/C(=C(\C)c1cccc2ccccc12)c1ccncc1)c1ccc(N(C)C)cc1. The summed E-state index contributed by atoms with van der Waals surface area (Å²) in [6.45, 7) is 6.50. The van der Waals surface area contributed by atoms with E-state index in [1.54, 1.807) is 0 Å². The van der Waals surface area contributed by atoms with Crippen LogP contribution < -0.4 is 10.2 Å². The van der Waals surface area contributed by atoms with E-state index in [4.69, 9.17) is 0 Å². The Morgan fingerprint density at radius 1 is 0.697 bits per heavy atom. The number of allylic oxidation sites excluding steroid dienone is 2. The third-order valence-electron chi connectivity index (χ3n) is 5.96. The highest BCUT2D eigenvalue weighted by Crippen LogP contribution is 2.32. The lowest BCUT2D eigenvalue weighted by Crippen LogP contribution is -2.14. The summed E-state index contributed by atoms with van der Waals surface area (Å²) >= 11 is 0. The molecule has 3 heteroatoms. The summed E-state index contributed by atoms with van der Waals surface area (Å²) < 4.78 is 0. The zero-order chi connectivity index (χ0) is 23.4. The van der Waals surface area contributed by atoms with Crippen LogP contribution in [0.5, 0.6) is 0 Å². The molecule has 0 aliphatic carbocycles. The maximum absolute atomic E-state index is 4.24. The molecule has 166 valence electrons. The van der Waals surface area contributed by atoms with Crippen LogP contribution >= 0.6 is 0 Å².